The molecule has 0 spiro atoms. The summed E-state index contributed by atoms with van der Waals surface area (Å²) in [6.45, 7) is 3.61. The van der Waals surface area contributed by atoms with Gasteiger partial charge >= 0.3 is 43.7 Å². The number of carboxylic acid groups (broad SMARTS) is 1. The number of carboxylic acids is 1. The Morgan fingerprint density at radius 2 is 1.80 bits per heavy atom. The molecule has 4 heteroatoms. The van der Waals surface area contributed by atoms with Gasteiger partial charge in [0.25, 0.3) is 0 Å². The summed E-state index contributed by atoms with van der Waals surface area (Å²) in [5.41, 5.74) is 0. The second-order valence-electron chi connectivity index (χ2n) is 2.33. The average molecular weight is 172 g/mol. The predicted molar refractivity (Wildman–Crippen MR) is 40.6 cm³/mol. The Labute approximate surface area is 89.8 Å². The fourth-order valence-corrected chi connectivity index (χ4v) is 0.458. The van der Waals surface area contributed by atoms with Crippen molar-refractivity contribution in [2.24, 2.45) is 5.92 Å². The Kier molecular flexibility index (Phi) is 7.99. The summed E-state index contributed by atoms with van der Waals surface area (Å²) < 4.78 is 0. The van der Waals surface area contributed by atoms with E-state index >= 15 is 0 Å². The normalized spacial score (nSPS) is 8.70. The van der Waals surface area contributed by atoms with E-state index in [1.54, 1.807) is 13.8 Å². The molecule has 10 heavy (non-hydrogen) atoms. The van der Waals surface area contributed by atoms with Crippen LogP contribution in [0.15, 0.2) is 0 Å². The minimum atomic E-state index is -1.33. The van der Waals surface area contributed by atoms with Crippen molar-refractivity contribution in [1.29, 1.82) is 0 Å². The first-order chi connectivity index (χ1) is 4.04. The number of rotatable bonds is 3. The second-order valence-corrected chi connectivity index (χ2v) is 2.33. The number of ketones is 1. The molecule has 56 valence electrons. The van der Waals surface area contributed by atoms with E-state index in [0.717, 1.165) is 0 Å². The molecule has 0 fully saturated rings. The molecule has 0 rings (SSSR count). The van der Waals surface area contributed by atoms with Crippen LogP contribution in [0.1, 0.15) is 20.3 Å². The number of aliphatic carboxylic acids is 1. The fourth-order valence-electron chi connectivity index (χ4n) is 0.458. The second kappa shape index (κ2) is 6.13. The zero-order valence-corrected chi connectivity index (χ0v) is 5.55. The average Bonchev–Trinajstić information content (AvgIpc) is 1.63. The molecule has 0 saturated carbocycles. The van der Waals surface area contributed by atoms with E-state index in [9.17, 15) is 9.59 Å². The van der Waals surface area contributed by atoms with Crippen molar-refractivity contribution < 1.29 is 14.7 Å². The number of hydrogen-bond acceptors (Lipinski definition) is 2. The number of Topliss-reactive ketones (excluding diaryl/α,β-unsaturated/α-hetero) is 1. The van der Waals surface area contributed by atoms with Crippen LogP contribution in [-0.4, -0.2) is 54.6 Å². The molecule has 0 aliphatic carbocycles. The molecular formula is C6H12CaO3. The Morgan fingerprint density at radius 3 is 1.90 bits per heavy atom. The molecular weight excluding hydrogens is 160 g/mol. The van der Waals surface area contributed by atoms with Crippen molar-refractivity contribution in [3.05, 3.63) is 0 Å². The topological polar surface area (TPSA) is 54.4 Å². The first-order valence-electron chi connectivity index (χ1n) is 2.80. The molecule has 0 aromatic carbocycles. The van der Waals surface area contributed by atoms with Crippen molar-refractivity contribution in [1.82, 2.24) is 0 Å². The van der Waals surface area contributed by atoms with Crippen LogP contribution in [0, 0.1) is 5.92 Å². The first kappa shape index (κ1) is 13.0. The van der Waals surface area contributed by atoms with E-state index in [1.807, 2.05) is 0 Å². The molecule has 1 N–H and O–H groups in total. The summed E-state index contributed by atoms with van der Waals surface area (Å²) in [6.07, 6.45) is 0.134. The van der Waals surface area contributed by atoms with Crippen LogP contribution in [0.4, 0.5) is 0 Å². The van der Waals surface area contributed by atoms with Crippen molar-refractivity contribution in [2.45, 2.75) is 20.3 Å². The van der Waals surface area contributed by atoms with Gasteiger partial charge < -0.3 is 5.11 Å². The van der Waals surface area contributed by atoms with E-state index in [-0.39, 0.29) is 50.1 Å². The molecule has 0 radical (unpaired) electrons. The van der Waals surface area contributed by atoms with Gasteiger partial charge in [0.2, 0.25) is 5.78 Å². The van der Waals surface area contributed by atoms with Gasteiger partial charge in [-0.05, 0) is 5.92 Å². The standard InChI is InChI=1S/C6H10O3.Ca.2H/c1-4(2)3-5(7)6(8)9;;;/h4H,3H2,1-2H3,(H,8,9);;;. The van der Waals surface area contributed by atoms with Gasteiger partial charge in [0.1, 0.15) is 0 Å². The third kappa shape index (κ3) is 6.52. The summed E-state index contributed by atoms with van der Waals surface area (Å²) in [6, 6.07) is 0. The van der Waals surface area contributed by atoms with Gasteiger partial charge in [0.15, 0.2) is 0 Å². The van der Waals surface area contributed by atoms with Gasteiger partial charge in [0.05, 0.1) is 0 Å². The maximum atomic E-state index is 10.4. The maximum absolute atomic E-state index is 10.4. The number of carbonyl (C=O) groups is 2. The van der Waals surface area contributed by atoms with E-state index in [1.165, 1.54) is 0 Å². The zero-order valence-electron chi connectivity index (χ0n) is 5.55. The van der Waals surface area contributed by atoms with Gasteiger partial charge in [-0.1, -0.05) is 13.8 Å². The predicted octanol–water partition coefficient (Wildman–Crippen LogP) is -0.230. The first-order valence-corrected chi connectivity index (χ1v) is 2.80. The molecule has 0 aromatic rings. The quantitative estimate of drug-likeness (QED) is 0.472. The summed E-state index contributed by atoms with van der Waals surface area (Å²) in [4.78, 5) is 20.2. The third-order valence-corrected chi connectivity index (χ3v) is 0.832. The van der Waals surface area contributed by atoms with Gasteiger partial charge in [-0.25, -0.2) is 4.79 Å². The molecule has 3 nitrogen and oxygen atoms in total. The molecule has 0 amide bonds. The van der Waals surface area contributed by atoms with Crippen LogP contribution in [-0.2, 0) is 9.59 Å². The van der Waals surface area contributed by atoms with E-state index in [4.69, 9.17) is 5.11 Å². The number of hydrogen-bond donors (Lipinski definition) is 1. The van der Waals surface area contributed by atoms with E-state index < -0.39 is 11.8 Å². The van der Waals surface area contributed by atoms with Gasteiger partial charge in [0, 0.05) is 6.42 Å². The summed E-state index contributed by atoms with van der Waals surface area (Å²) >= 11 is 0. The third-order valence-electron chi connectivity index (χ3n) is 0.832. The Balaban J connectivity index is 0. The van der Waals surface area contributed by atoms with Crippen LogP contribution in [0.25, 0.3) is 0 Å². The Bertz CT molecular complexity index is 131. The van der Waals surface area contributed by atoms with E-state index in [0.29, 0.717) is 0 Å². The van der Waals surface area contributed by atoms with Crippen LogP contribution in [0.5, 0.6) is 0 Å². The number of carbonyl (C=O) groups excluding carboxylic acids is 1. The molecule has 0 heterocycles. The van der Waals surface area contributed by atoms with Crippen LogP contribution in [0.2, 0.25) is 0 Å². The molecule has 0 aliphatic rings. The molecule has 0 unspecified atom stereocenters. The van der Waals surface area contributed by atoms with Crippen LogP contribution in [0.3, 0.4) is 0 Å². The fraction of sp³-hybridized carbons (Fsp3) is 0.667. The van der Waals surface area contributed by atoms with Gasteiger partial charge in [-0.15, -0.1) is 0 Å². The molecule has 0 aromatic heterocycles. The SMILES string of the molecule is CC(C)CC(=O)C(=O)O.[CaH2]. The summed E-state index contributed by atoms with van der Waals surface area (Å²) in [7, 11) is 0. The van der Waals surface area contributed by atoms with Crippen LogP contribution >= 0.6 is 0 Å². The minimum absolute atomic E-state index is 0. The monoisotopic (exact) mass is 172 g/mol. The van der Waals surface area contributed by atoms with Crippen molar-refractivity contribution in [3.63, 3.8) is 0 Å². The molecule has 0 aliphatic heterocycles. The van der Waals surface area contributed by atoms with Crippen molar-refractivity contribution in [3.8, 4) is 0 Å². The molecule has 0 bridgehead atoms. The zero-order chi connectivity index (χ0) is 7.44. The van der Waals surface area contributed by atoms with Crippen LogP contribution < -0.4 is 0 Å². The van der Waals surface area contributed by atoms with Gasteiger partial charge in [-0.3, -0.25) is 4.79 Å². The summed E-state index contributed by atoms with van der Waals surface area (Å²) in [5, 5.41) is 8.08. The van der Waals surface area contributed by atoms with Gasteiger partial charge in [-0.2, -0.15) is 0 Å². The van der Waals surface area contributed by atoms with Crippen molar-refractivity contribution >= 4 is 49.5 Å². The van der Waals surface area contributed by atoms with E-state index in [2.05, 4.69) is 0 Å². The molecule has 0 saturated heterocycles. The Hall–Kier alpha value is 0.400. The molecule has 0 atom stereocenters. The Morgan fingerprint density at radius 1 is 1.40 bits per heavy atom. The summed E-state index contributed by atoms with van der Waals surface area (Å²) in [5.74, 6) is -1.90. The van der Waals surface area contributed by atoms with Crippen molar-refractivity contribution in [2.75, 3.05) is 0 Å².